The molecule has 1 fully saturated rings. The normalized spacial score (nSPS) is 19.5. The molecule has 1 aromatic carbocycles. The summed E-state index contributed by atoms with van der Waals surface area (Å²) in [6, 6.07) is 7.53. The predicted octanol–water partition coefficient (Wildman–Crippen LogP) is 1.88. The molecular weight excluding hydrogens is 398 g/mol. The van der Waals surface area contributed by atoms with Gasteiger partial charge in [-0.2, -0.15) is 4.68 Å². The van der Waals surface area contributed by atoms with E-state index in [4.69, 9.17) is 0 Å². The summed E-state index contributed by atoms with van der Waals surface area (Å²) in [5.74, 6) is 0.276. The third-order valence-electron chi connectivity index (χ3n) is 5.00. The highest BCUT2D eigenvalue weighted by atomic mass is 32.2. The Kier molecular flexibility index (Phi) is 6.39. The number of nitrogens with zero attached hydrogens (tertiary/aromatic N) is 5. The quantitative estimate of drug-likeness (QED) is 0.627. The van der Waals surface area contributed by atoms with Crippen LogP contribution in [0.5, 0.6) is 0 Å². The first-order chi connectivity index (χ1) is 13.3. The minimum Gasteiger partial charge on any atom is -0.335 e. The number of carbonyl (C=O) groups is 1. The van der Waals surface area contributed by atoms with Gasteiger partial charge in [0.1, 0.15) is 0 Å². The van der Waals surface area contributed by atoms with Crippen molar-refractivity contribution in [3.63, 3.8) is 0 Å². The second kappa shape index (κ2) is 8.60. The maximum atomic E-state index is 13.0. The van der Waals surface area contributed by atoms with E-state index in [1.54, 1.807) is 9.58 Å². The predicted molar refractivity (Wildman–Crippen MR) is 108 cm³/mol. The number of aromatic nitrogens is 4. The second-order valence-corrected chi connectivity index (χ2v) is 10.3. The molecule has 0 radical (unpaired) electrons. The van der Waals surface area contributed by atoms with E-state index in [1.807, 2.05) is 45.0 Å². The molecule has 0 unspecified atom stereocenters. The van der Waals surface area contributed by atoms with Crippen LogP contribution in [-0.2, 0) is 14.6 Å². The van der Waals surface area contributed by atoms with Crippen molar-refractivity contribution in [2.45, 2.75) is 50.9 Å². The van der Waals surface area contributed by atoms with Gasteiger partial charge in [-0.25, -0.2) is 8.42 Å². The first kappa shape index (κ1) is 20.8. The fourth-order valence-corrected chi connectivity index (χ4v) is 5.79. The molecule has 3 rings (SSSR count). The SMILES string of the molecule is CC[C@@H](C)N(C(=O)CSc1nnnn1-c1ccc(C)cc1)[C@H]1CCS(=O)(=O)C1. The smallest absolute Gasteiger partial charge is 0.233 e. The van der Waals surface area contributed by atoms with Crippen molar-refractivity contribution in [2.24, 2.45) is 0 Å². The molecule has 2 aromatic rings. The van der Waals surface area contributed by atoms with Crippen molar-refractivity contribution < 1.29 is 13.2 Å². The van der Waals surface area contributed by atoms with Gasteiger partial charge < -0.3 is 4.90 Å². The molecule has 0 spiro atoms. The zero-order chi connectivity index (χ0) is 20.3. The summed E-state index contributed by atoms with van der Waals surface area (Å²) in [5.41, 5.74) is 1.96. The average Bonchev–Trinajstić information content (AvgIpc) is 3.27. The highest BCUT2D eigenvalue weighted by Gasteiger charge is 2.36. The van der Waals surface area contributed by atoms with Crippen LogP contribution in [0.25, 0.3) is 5.69 Å². The number of carbonyl (C=O) groups excluding carboxylic acids is 1. The summed E-state index contributed by atoms with van der Waals surface area (Å²) in [4.78, 5) is 14.7. The van der Waals surface area contributed by atoms with Gasteiger partial charge in [0.2, 0.25) is 11.1 Å². The lowest BCUT2D eigenvalue weighted by Crippen LogP contribution is -2.47. The Bertz CT molecular complexity index is 927. The molecule has 2 atom stereocenters. The van der Waals surface area contributed by atoms with Gasteiger partial charge in [-0.1, -0.05) is 36.4 Å². The molecule has 1 aromatic heterocycles. The van der Waals surface area contributed by atoms with Crippen molar-refractivity contribution in [1.82, 2.24) is 25.1 Å². The van der Waals surface area contributed by atoms with Crippen molar-refractivity contribution in [3.8, 4) is 5.69 Å². The largest absolute Gasteiger partial charge is 0.335 e. The Labute approximate surface area is 169 Å². The summed E-state index contributed by atoms with van der Waals surface area (Å²) in [6.45, 7) is 5.97. The summed E-state index contributed by atoms with van der Waals surface area (Å²) in [6.07, 6.45) is 1.28. The maximum Gasteiger partial charge on any atom is 0.233 e. The molecule has 10 heteroatoms. The number of benzene rings is 1. The monoisotopic (exact) mass is 423 g/mol. The fourth-order valence-electron chi connectivity index (χ4n) is 3.32. The number of sulfone groups is 1. The van der Waals surface area contributed by atoms with Gasteiger partial charge >= 0.3 is 0 Å². The number of thioether (sulfide) groups is 1. The molecule has 1 aliphatic rings. The van der Waals surface area contributed by atoms with Crippen molar-refractivity contribution in [1.29, 1.82) is 0 Å². The number of hydrogen-bond donors (Lipinski definition) is 0. The number of rotatable bonds is 7. The number of tetrazole rings is 1. The zero-order valence-electron chi connectivity index (χ0n) is 16.3. The van der Waals surface area contributed by atoms with Gasteiger partial charge in [-0.15, -0.1) is 5.10 Å². The van der Waals surface area contributed by atoms with E-state index in [0.717, 1.165) is 17.7 Å². The first-order valence-corrected chi connectivity index (χ1v) is 12.1. The second-order valence-electron chi connectivity index (χ2n) is 7.11. The van der Waals surface area contributed by atoms with Crippen LogP contribution in [-0.4, -0.2) is 68.8 Å². The highest BCUT2D eigenvalue weighted by Crippen LogP contribution is 2.24. The van der Waals surface area contributed by atoms with E-state index in [0.29, 0.717) is 11.6 Å². The van der Waals surface area contributed by atoms with Crippen molar-refractivity contribution in [2.75, 3.05) is 17.3 Å². The molecule has 0 N–H and O–H groups in total. The summed E-state index contributed by atoms with van der Waals surface area (Å²) < 4.78 is 25.4. The topological polar surface area (TPSA) is 98.1 Å². The summed E-state index contributed by atoms with van der Waals surface area (Å²) in [5, 5.41) is 12.3. The van der Waals surface area contributed by atoms with E-state index in [9.17, 15) is 13.2 Å². The van der Waals surface area contributed by atoms with Crippen LogP contribution < -0.4 is 0 Å². The Morgan fingerprint density at radius 2 is 2.07 bits per heavy atom. The molecule has 0 bridgehead atoms. The lowest BCUT2D eigenvalue weighted by Gasteiger charge is -2.33. The van der Waals surface area contributed by atoms with Gasteiger partial charge in [-0.3, -0.25) is 4.79 Å². The number of aryl methyl sites for hydroxylation is 1. The molecule has 2 heterocycles. The van der Waals surface area contributed by atoms with Gasteiger partial charge in [-0.05, 0) is 49.2 Å². The van der Waals surface area contributed by atoms with Crippen molar-refractivity contribution >= 4 is 27.5 Å². The van der Waals surface area contributed by atoms with Crippen LogP contribution >= 0.6 is 11.8 Å². The summed E-state index contributed by atoms with van der Waals surface area (Å²) >= 11 is 1.26. The number of hydrogen-bond acceptors (Lipinski definition) is 7. The van der Waals surface area contributed by atoms with E-state index in [-0.39, 0.29) is 35.2 Å². The molecule has 28 heavy (non-hydrogen) atoms. The molecule has 0 aliphatic carbocycles. The van der Waals surface area contributed by atoms with Gasteiger partial charge in [0.25, 0.3) is 0 Å². The Morgan fingerprint density at radius 1 is 1.36 bits per heavy atom. The highest BCUT2D eigenvalue weighted by molar-refractivity contribution is 7.99. The van der Waals surface area contributed by atoms with Crippen LogP contribution in [0, 0.1) is 6.92 Å². The van der Waals surface area contributed by atoms with Crippen LogP contribution in [0.1, 0.15) is 32.3 Å². The molecule has 152 valence electrons. The van der Waals surface area contributed by atoms with E-state index < -0.39 is 9.84 Å². The molecule has 1 saturated heterocycles. The standard InChI is InChI=1S/C18H25N5O3S2/c1-4-14(3)22(16-9-10-28(25,26)12-16)17(24)11-27-18-19-20-21-23(18)15-7-5-13(2)6-8-15/h5-8,14,16H,4,9-12H2,1-3H3/t14-,16+/m1/s1. The van der Waals surface area contributed by atoms with Crippen LogP contribution in [0.15, 0.2) is 29.4 Å². The van der Waals surface area contributed by atoms with Gasteiger partial charge in [0.15, 0.2) is 9.84 Å². The molecule has 1 amide bonds. The maximum absolute atomic E-state index is 13.0. The Morgan fingerprint density at radius 3 is 2.68 bits per heavy atom. The van der Waals surface area contributed by atoms with Crippen LogP contribution in [0.2, 0.25) is 0 Å². The minimum absolute atomic E-state index is 0.0144. The van der Waals surface area contributed by atoms with E-state index in [1.165, 1.54) is 11.8 Å². The third kappa shape index (κ3) is 4.72. The Balaban J connectivity index is 1.72. The Hall–Kier alpha value is -1.94. The van der Waals surface area contributed by atoms with Gasteiger partial charge in [0.05, 0.1) is 22.9 Å². The lowest BCUT2D eigenvalue weighted by atomic mass is 10.1. The average molecular weight is 424 g/mol. The summed E-state index contributed by atoms with van der Waals surface area (Å²) in [7, 11) is -3.06. The lowest BCUT2D eigenvalue weighted by molar-refractivity contribution is -0.132. The number of amides is 1. The van der Waals surface area contributed by atoms with Crippen molar-refractivity contribution in [3.05, 3.63) is 29.8 Å². The zero-order valence-corrected chi connectivity index (χ0v) is 17.9. The molecule has 8 nitrogen and oxygen atoms in total. The van der Waals surface area contributed by atoms with E-state index in [2.05, 4.69) is 15.5 Å². The fraction of sp³-hybridized carbons (Fsp3) is 0.556. The van der Waals surface area contributed by atoms with Crippen LogP contribution in [0.3, 0.4) is 0 Å². The molecule has 0 saturated carbocycles. The van der Waals surface area contributed by atoms with Crippen LogP contribution in [0.4, 0.5) is 0 Å². The third-order valence-corrected chi connectivity index (χ3v) is 7.65. The van der Waals surface area contributed by atoms with Gasteiger partial charge in [0, 0.05) is 12.1 Å². The molecular formula is C18H25N5O3S2. The first-order valence-electron chi connectivity index (χ1n) is 9.30. The van der Waals surface area contributed by atoms with E-state index >= 15 is 0 Å². The minimum atomic E-state index is -3.06. The molecule has 1 aliphatic heterocycles.